The molecule has 0 aliphatic carbocycles. The first kappa shape index (κ1) is 21.7. The van der Waals surface area contributed by atoms with Crippen LogP contribution >= 0.6 is 0 Å². The molecule has 4 rings (SSSR count). The molecule has 1 aliphatic rings. The molecule has 3 aromatic rings. The molecule has 0 saturated heterocycles. The molecule has 0 spiro atoms. The third-order valence-corrected chi connectivity index (χ3v) is 6.29. The lowest BCUT2D eigenvalue weighted by molar-refractivity contribution is 0.0954. The first-order chi connectivity index (χ1) is 15.4. The summed E-state index contributed by atoms with van der Waals surface area (Å²) in [6, 6.07) is 10.9. The quantitative estimate of drug-likeness (QED) is 0.504. The Labute approximate surface area is 186 Å². The second kappa shape index (κ2) is 9.31. The van der Waals surface area contributed by atoms with Gasteiger partial charge in [-0.3, -0.25) is 14.2 Å². The minimum Gasteiger partial charge on any atom is -0.486 e. The minimum absolute atomic E-state index is 0.0217. The molecule has 168 valence electrons. The summed E-state index contributed by atoms with van der Waals surface area (Å²) in [7, 11) is -2.08. The third kappa shape index (κ3) is 5.02. The molecule has 0 fully saturated rings. The van der Waals surface area contributed by atoms with Gasteiger partial charge >= 0.3 is 0 Å². The lowest BCUT2D eigenvalue weighted by Gasteiger charge is -2.19. The molecule has 32 heavy (non-hydrogen) atoms. The van der Waals surface area contributed by atoms with Crippen molar-refractivity contribution in [2.45, 2.75) is 17.7 Å². The fraction of sp³-hybridized carbons (Fsp3) is 0.273. The predicted molar refractivity (Wildman–Crippen MR) is 119 cm³/mol. The standard InChI is InChI=1S/C22H24N4O5S/c1-26-15-16(14-24-26)5-4-10-23-22(27)18-6-2-3-7-19(18)25-32(28,29)17-8-9-20-21(13-17)31-12-11-30-20/h2-3,6-9,13-15,25H,4-5,10-12H2,1H3,(H,23,27). The number of sulfonamides is 1. The zero-order valence-electron chi connectivity index (χ0n) is 17.6. The van der Waals surface area contributed by atoms with Crippen LogP contribution in [0.15, 0.2) is 59.8 Å². The van der Waals surface area contributed by atoms with Gasteiger partial charge in [0.05, 0.1) is 22.3 Å². The van der Waals surface area contributed by atoms with E-state index in [2.05, 4.69) is 15.1 Å². The van der Waals surface area contributed by atoms with Crippen molar-refractivity contribution < 1.29 is 22.7 Å². The van der Waals surface area contributed by atoms with E-state index in [1.54, 1.807) is 41.2 Å². The van der Waals surface area contributed by atoms with E-state index in [-0.39, 0.29) is 22.1 Å². The maximum Gasteiger partial charge on any atom is 0.262 e. The van der Waals surface area contributed by atoms with E-state index >= 15 is 0 Å². The Kier molecular flexibility index (Phi) is 6.31. The number of amides is 1. The van der Waals surface area contributed by atoms with Crippen LogP contribution in [0.5, 0.6) is 11.5 Å². The van der Waals surface area contributed by atoms with Crippen LogP contribution in [0.2, 0.25) is 0 Å². The summed E-state index contributed by atoms with van der Waals surface area (Å²) >= 11 is 0. The van der Waals surface area contributed by atoms with Gasteiger partial charge in [0.1, 0.15) is 13.2 Å². The van der Waals surface area contributed by atoms with Crippen LogP contribution in [-0.2, 0) is 23.5 Å². The molecule has 2 N–H and O–H groups in total. The van der Waals surface area contributed by atoms with Crippen molar-refractivity contribution in [3.63, 3.8) is 0 Å². The normalized spacial score (nSPS) is 12.9. The van der Waals surface area contributed by atoms with Gasteiger partial charge < -0.3 is 14.8 Å². The van der Waals surface area contributed by atoms with Crippen LogP contribution in [0.1, 0.15) is 22.3 Å². The average molecular weight is 457 g/mol. The first-order valence-corrected chi connectivity index (χ1v) is 11.7. The fourth-order valence-corrected chi connectivity index (χ4v) is 4.45. The van der Waals surface area contributed by atoms with E-state index in [9.17, 15) is 13.2 Å². The number of aromatic nitrogens is 2. The van der Waals surface area contributed by atoms with E-state index in [0.717, 1.165) is 18.4 Å². The number of ether oxygens (including phenoxy) is 2. The van der Waals surface area contributed by atoms with Gasteiger partial charge in [-0.2, -0.15) is 5.10 Å². The SMILES string of the molecule is Cn1cc(CCCNC(=O)c2ccccc2NS(=O)(=O)c2ccc3c(c2)OCCO3)cn1. The zero-order chi connectivity index (χ0) is 22.6. The smallest absolute Gasteiger partial charge is 0.262 e. The number of carbonyl (C=O) groups excluding carboxylic acids is 1. The third-order valence-electron chi connectivity index (χ3n) is 4.93. The monoisotopic (exact) mass is 456 g/mol. The van der Waals surface area contributed by atoms with Crippen LogP contribution in [0, 0.1) is 0 Å². The Bertz CT molecular complexity index is 1220. The highest BCUT2D eigenvalue weighted by Crippen LogP contribution is 2.33. The summed E-state index contributed by atoms with van der Waals surface area (Å²) in [6.07, 6.45) is 5.25. The van der Waals surface area contributed by atoms with E-state index in [4.69, 9.17) is 9.47 Å². The topological polar surface area (TPSA) is 112 Å². The molecule has 0 bridgehead atoms. The predicted octanol–water partition coefficient (Wildman–Crippen LogP) is 2.35. The minimum atomic E-state index is -3.94. The number of para-hydroxylation sites is 1. The second-order valence-electron chi connectivity index (χ2n) is 7.34. The fourth-order valence-electron chi connectivity index (χ4n) is 3.36. The Morgan fingerprint density at radius 2 is 1.91 bits per heavy atom. The van der Waals surface area contributed by atoms with Gasteiger partial charge in [0, 0.05) is 25.9 Å². The van der Waals surface area contributed by atoms with E-state index < -0.39 is 10.0 Å². The summed E-state index contributed by atoms with van der Waals surface area (Å²) in [6.45, 7) is 1.23. The van der Waals surface area contributed by atoms with Gasteiger partial charge in [0.2, 0.25) is 0 Å². The first-order valence-electron chi connectivity index (χ1n) is 10.2. The van der Waals surface area contributed by atoms with Gasteiger partial charge in [0.15, 0.2) is 11.5 Å². The van der Waals surface area contributed by atoms with Crippen molar-refractivity contribution in [3.8, 4) is 11.5 Å². The van der Waals surface area contributed by atoms with Gasteiger partial charge in [-0.25, -0.2) is 8.42 Å². The molecule has 1 aliphatic heterocycles. The van der Waals surface area contributed by atoms with Crippen molar-refractivity contribution in [3.05, 3.63) is 66.0 Å². The number of aryl methyl sites for hydroxylation is 2. The highest BCUT2D eigenvalue weighted by atomic mass is 32.2. The van der Waals surface area contributed by atoms with Crippen LogP contribution in [0.4, 0.5) is 5.69 Å². The van der Waals surface area contributed by atoms with Gasteiger partial charge in [0.25, 0.3) is 15.9 Å². The largest absolute Gasteiger partial charge is 0.486 e. The van der Waals surface area contributed by atoms with Gasteiger partial charge in [-0.15, -0.1) is 0 Å². The second-order valence-corrected chi connectivity index (χ2v) is 9.02. The number of hydrogen-bond acceptors (Lipinski definition) is 6. The summed E-state index contributed by atoms with van der Waals surface area (Å²) in [5, 5.41) is 6.97. The van der Waals surface area contributed by atoms with Crippen LogP contribution < -0.4 is 19.5 Å². The average Bonchev–Trinajstić information content (AvgIpc) is 3.21. The van der Waals surface area contributed by atoms with Gasteiger partial charge in [-0.05, 0) is 42.7 Å². The Balaban J connectivity index is 1.42. The van der Waals surface area contributed by atoms with Crippen LogP contribution in [0.25, 0.3) is 0 Å². The molecule has 10 heteroatoms. The number of anilines is 1. The number of hydrogen-bond donors (Lipinski definition) is 2. The Hall–Kier alpha value is -3.53. The number of carbonyl (C=O) groups is 1. The van der Waals surface area contributed by atoms with Gasteiger partial charge in [-0.1, -0.05) is 12.1 Å². The molecule has 0 saturated carbocycles. The summed E-state index contributed by atoms with van der Waals surface area (Å²) < 4.78 is 41.0. The summed E-state index contributed by atoms with van der Waals surface area (Å²) in [5.41, 5.74) is 1.54. The molecule has 2 heterocycles. The van der Waals surface area contributed by atoms with Crippen molar-refractivity contribution in [1.29, 1.82) is 0 Å². The maximum atomic E-state index is 12.9. The van der Waals surface area contributed by atoms with Crippen LogP contribution in [-0.4, -0.2) is 43.9 Å². The maximum absolute atomic E-state index is 12.9. The summed E-state index contributed by atoms with van der Waals surface area (Å²) in [4.78, 5) is 12.7. The molecule has 0 radical (unpaired) electrons. The summed E-state index contributed by atoms with van der Waals surface area (Å²) in [5.74, 6) is 0.525. The molecular formula is C22H24N4O5S. The van der Waals surface area contributed by atoms with Crippen molar-refractivity contribution in [2.75, 3.05) is 24.5 Å². The zero-order valence-corrected chi connectivity index (χ0v) is 18.4. The number of benzene rings is 2. The van der Waals surface area contributed by atoms with E-state index in [1.807, 2.05) is 13.2 Å². The molecule has 0 atom stereocenters. The molecule has 2 aromatic carbocycles. The molecule has 1 aromatic heterocycles. The molecule has 1 amide bonds. The van der Waals surface area contributed by atoms with Crippen molar-refractivity contribution in [1.82, 2.24) is 15.1 Å². The lowest BCUT2D eigenvalue weighted by Crippen LogP contribution is -2.26. The van der Waals surface area contributed by atoms with Crippen LogP contribution in [0.3, 0.4) is 0 Å². The number of rotatable bonds is 8. The number of nitrogens with zero attached hydrogens (tertiary/aromatic N) is 2. The number of fused-ring (bicyclic) bond motifs is 1. The molecule has 0 unspecified atom stereocenters. The lowest BCUT2D eigenvalue weighted by atomic mass is 10.1. The van der Waals surface area contributed by atoms with E-state index in [0.29, 0.717) is 31.3 Å². The Morgan fingerprint density at radius 3 is 2.69 bits per heavy atom. The number of nitrogens with one attached hydrogen (secondary N) is 2. The van der Waals surface area contributed by atoms with Crippen molar-refractivity contribution in [2.24, 2.45) is 7.05 Å². The highest BCUT2D eigenvalue weighted by molar-refractivity contribution is 7.92. The van der Waals surface area contributed by atoms with Crippen molar-refractivity contribution >= 4 is 21.6 Å². The Morgan fingerprint density at radius 1 is 1.12 bits per heavy atom. The van der Waals surface area contributed by atoms with E-state index in [1.165, 1.54) is 12.1 Å². The molecular weight excluding hydrogens is 432 g/mol. The highest BCUT2D eigenvalue weighted by Gasteiger charge is 2.21. The molecule has 9 nitrogen and oxygen atoms in total.